The predicted molar refractivity (Wildman–Crippen MR) is 68.7 cm³/mol. The van der Waals surface area contributed by atoms with Crippen molar-refractivity contribution >= 4 is 11.7 Å². The maximum atomic E-state index is 11.3. The number of rotatable bonds is 10. The number of carbonyl (C=O) groups is 2. The number of ketones is 1. The molecule has 6 N–H and O–H groups in total. The van der Waals surface area contributed by atoms with E-state index in [1.54, 1.807) is 0 Å². The highest BCUT2D eigenvalue weighted by molar-refractivity contribution is 5.78. The Kier molecular flexibility index (Phi) is 9.26. The fourth-order valence-electron chi connectivity index (χ4n) is 1.49. The lowest BCUT2D eigenvalue weighted by molar-refractivity contribution is -0.126. The van der Waals surface area contributed by atoms with Crippen LogP contribution in [-0.4, -0.2) is 74.8 Å². The van der Waals surface area contributed by atoms with Gasteiger partial charge in [0.1, 0.15) is 24.1 Å². The summed E-state index contributed by atoms with van der Waals surface area (Å²) in [5, 5.41) is 48.4. The van der Waals surface area contributed by atoms with Crippen LogP contribution < -0.4 is 5.32 Å². The second kappa shape index (κ2) is 9.78. The van der Waals surface area contributed by atoms with Gasteiger partial charge < -0.3 is 35.6 Å². The first-order valence-electron chi connectivity index (χ1n) is 6.38. The Labute approximate surface area is 117 Å². The molecule has 0 saturated heterocycles. The van der Waals surface area contributed by atoms with Gasteiger partial charge in [-0.3, -0.25) is 4.79 Å². The molecule has 0 spiro atoms. The van der Waals surface area contributed by atoms with Crippen LogP contribution in [-0.2, 0) is 9.59 Å². The van der Waals surface area contributed by atoms with Crippen LogP contribution in [0, 0.1) is 0 Å². The number of amides is 1. The van der Waals surface area contributed by atoms with Crippen LogP contribution in [0.15, 0.2) is 0 Å². The van der Waals surface area contributed by atoms with Crippen molar-refractivity contribution in [2.45, 2.75) is 50.6 Å². The van der Waals surface area contributed by atoms with Crippen molar-refractivity contribution in [2.24, 2.45) is 0 Å². The molecule has 4 atom stereocenters. The van der Waals surface area contributed by atoms with Gasteiger partial charge in [0.25, 0.3) is 0 Å². The number of aliphatic hydroxyl groups is 5. The van der Waals surface area contributed by atoms with Crippen LogP contribution in [0.4, 0.5) is 0 Å². The van der Waals surface area contributed by atoms with Crippen molar-refractivity contribution in [3.63, 3.8) is 0 Å². The highest BCUT2D eigenvalue weighted by atomic mass is 16.4. The van der Waals surface area contributed by atoms with Crippen LogP contribution in [0.2, 0.25) is 0 Å². The van der Waals surface area contributed by atoms with Crippen LogP contribution in [0.3, 0.4) is 0 Å². The monoisotopic (exact) mass is 293 g/mol. The van der Waals surface area contributed by atoms with Crippen molar-refractivity contribution < 1.29 is 35.1 Å². The van der Waals surface area contributed by atoms with E-state index < -0.39 is 36.9 Å². The second-order valence-electron chi connectivity index (χ2n) is 4.66. The second-order valence-corrected chi connectivity index (χ2v) is 4.66. The normalized spacial score (nSPS) is 17.1. The summed E-state index contributed by atoms with van der Waals surface area (Å²) in [4.78, 5) is 22.0. The Hall–Kier alpha value is -1.06. The first-order chi connectivity index (χ1) is 9.29. The highest BCUT2D eigenvalue weighted by Crippen LogP contribution is 2.04. The highest BCUT2D eigenvalue weighted by Gasteiger charge is 2.29. The molecule has 0 heterocycles. The number of aliphatic hydroxyl groups excluding tert-OH is 5. The summed E-state index contributed by atoms with van der Waals surface area (Å²) in [5.41, 5.74) is 0. The molecule has 0 saturated carbocycles. The molecular weight excluding hydrogens is 270 g/mol. The number of hydrogen-bond donors (Lipinski definition) is 6. The molecule has 0 rings (SSSR count). The number of Topliss-reactive ketones (excluding diaryl/α,β-unsaturated/α-hetero) is 1. The molecule has 1 amide bonds. The molecule has 8 nitrogen and oxygen atoms in total. The average molecular weight is 293 g/mol. The molecule has 0 aromatic carbocycles. The lowest BCUT2D eigenvalue weighted by Gasteiger charge is -2.25. The van der Waals surface area contributed by atoms with Crippen LogP contribution >= 0.6 is 0 Å². The largest absolute Gasteiger partial charge is 0.394 e. The molecule has 0 unspecified atom stereocenters. The Morgan fingerprint density at radius 2 is 1.55 bits per heavy atom. The molecule has 8 heteroatoms. The Morgan fingerprint density at radius 3 is 2.05 bits per heavy atom. The summed E-state index contributed by atoms with van der Waals surface area (Å²) in [6.45, 7) is 0.351. The molecule has 0 aliphatic carbocycles. The topological polar surface area (TPSA) is 147 Å². The zero-order valence-electron chi connectivity index (χ0n) is 11.4. The molecule has 20 heavy (non-hydrogen) atoms. The molecule has 0 aliphatic rings. The van der Waals surface area contributed by atoms with E-state index in [1.165, 1.54) is 6.92 Å². The molecule has 0 aliphatic heterocycles. The van der Waals surface area contributed by atoms with Gasteiger partial charge >= 0.3 is 0 Å². The predicted octanol–water partition coefficient (Wildman–Crippen LogP) is -2.70. The van der Waals surface area contributed by atoms with Crippen molar-refractivity contribution in [3.05, 3.63) is 0 Å². The van der Waals surface area contributed by atoms with Gasteiger partial charge in [-0.05, 0) is 13.3 Å². The minimum absolute atomic E-state index is 0.0191. The van der Waals surface area contributed by atoms with Gasteiger partial charge in [-0.15, -0.1) is 0 Å². The van der Waals surface area contributed by atoms with E-state index >= 15 is 0 Å². The molecule has 0 aromatic heterocycles. The first kappa shape index (κ1) is 18.9. The molecule has 0 bridgehead atoms. The van der Waals surface area contributed by atoms with Gasteiger partial charge in [0.15, 0.2) is 0 Å². The van der Waals surface area contributed by atoms with Gasteiger partial charge in [0, 0.05) is 19.4 Å². The lowest BCUT2D eigenvalue weighted by atomic mass is 10.0. The van der Waals surface area contributed by atoms with E-state index in [1.807, 2.05) is 0 Å². The maximum absolute atomic E-state index is 11.3. The third-order valence-electron chi connectivity index (χ3n) is 2.77. The smallest absolute Gasteiger partial charge is 0.220 e. The van der Waals surface area contributed by atoms with Crippen LogP contribution in [0.25, 0.3) is 0 Å². The number of hydrogen-bond acceptors (Lipinski definition) is 7. The Balaban J connectivity index is 3.99. The van der Waals surface area contributed by atoms with Gasteiger partial charge in [0.05, 0.1) is 12.7 Å². The Morgan fingerprint density at radius 1 is 1.00 bits per heavy atom. The van der Waals surface area contributed by atoms with E-state index in [2.05, 4.69) is 5.32 Å². The zero-order chi connectivity index (χ0) is 15.7. The molecule has 0 aromatic rings. The minimum Gasteiger partial charge on any atom is -0.394 e. The van der Waals surface area contributed by atoms with Crippen molar-refractivity contribution in [1.82, 2.24) is 5.32 Å². The zero-order valence-corrected chi connectivity index (χ0v) is 11.4. The average Bonchev–Trinajstić information content (AvgIpc) is 2.41. The lowest BCUT2D eigenvalue weighted by Crippen LogP contribution is -2.49. The first-order valence-corrected chi connectivity index (χ1v) is 6.38. The molecule has 0 fully saturated rings. The van der Waals surface area contributed by atoms with Gasteiger partial charge in [-0.25, -0.2) is 0 Å². The summed E-state index contributed by atoms with van der Waals surface area (Å²) >= 11 is 0. The van der Waals surface area contributed by atoms with E-state index in [9.17, 15) is 24.9 Å². The van der Waals surface area contributed by atoms with Crippen molar-refractivity contribution in [2.75, 3.05) is 13.2 Å². The minimum atomic E-state index is -1.72. The standard InChI is InChI=1S/C12H23NO7/c1-7(15)3-2-4-10(18)13-5-8(16)11(19)12(20)9(17)6-14/h8-9,11-12,14,16-17,19-20H,2-6H2,1H3,(H,13,18)/t8-,9+,11+,12+/m0/s1. The van der Waals surface area contributed by atoms with Crippen molar-refractivity contribution in [3.8, 4) is 0 Å². The summed E-state index contributed by atoms with van der Waals surface area (Å²) in [5.74, 6) is -0.413. The fourth-order valence-corrected chi connectivity index (χ4v) is 1.49. The summed E-state index contributed by atoms with van der Waals surface area (Å²) in [6.07, 6.45) is -5.68. The number of nitrogens with one attached hydrogen (secondary N) is 1. The van der Waals surface area contributed by atoms with Gasteiger partial charge in [-0.1, -0.05) is 0 Å². The Bertz CT molecular complexity index is 310. The molecule has 0 radical (unpaired) electrons. The van der Waals surface area contributed by atoms with E-state index in [0.717, 1.165) is 0 Å². The molecular formula is C12H23NO7. The van der Waals surface area contributed by atoms with Crippen LogP contribution in [0.1, 0.15) is 26.2 Å². The maximum Gasteiger partial charge on any atom is 0.220 e. The summed E-state index contributed by atoms with van der Waals surface area (Å²) in [6, 6.07) is 0. The van der Waals surface area contributed by atoms with Crippen molar-refractivity contribution in [1.29, 1.82) is 0 Å². The van der Waals surface area contributed by atoms with E-state index in [0.29, 0.717) is 12.8 Å². The van der Waals surface area contributed by atoms with E-state index in [-0.39, 0.29) is 18.7 Å². The third kappa shape index (κ3) is 7.51. The summed E-state index contributed by atoms with van der Waals surface area (Å²) < 4.78 is 0. The fraction of sp³-hybridized carbons (Fsp3) is 0.833. The van der Waals surface area contributed by atoms with Gasteiger partial charge in [-0.2, -0.15) is 0 Å². The van der Waals surface area contributed by atoms with Crippen LogP contribution in [0.5, 0.6) is 0 Å². The quantitative estimate of drug-likeness (QED) is 0.257. The molecule has 118 valence electrons. The SMILES string of the molecule is CC(=O)CCCC(=O)NC[C@H](O)[C@@H](O)[C@H](O)[C@H](O)CO. The third-order valence-corrected chi connectivity index (χ3v) is 2.77. The summed E-state index contributed by atoms with van der Waals surface area (Å²) in [7, 11) is 0. The number of carbonyl (C=O) groups excluding carboxylic acids is 2. The van der Waals surface area contributed by atoms with E-state index in [4.69, 9.17) is 10.2 Å². The van der Waals surface area contributed by atoms with Gasteiger partial charge in [0.2, 0.25) is 5.91 Å².